The molecule has 8 heteroatoms. The number of halogens is 1. The van der Waals surface area contributed by atoms with Crippen molar-refractivity contribution in [3.05, 3.63) is 64.6 Å². The van der Waals surface area contributed by atoms with E-state index in [0.29, 0.717) is 15.7 Å². The number of hydrogen-bond acceptors (Lipinski definition) is 6. The van der Waals surface area contributed by atoms with Crippen LogP contribution in [0.3, 0.4) is 0 Å². The lowest BCUT2D eigenvalue weighted by Crippen LogP contribution is -2.21. The van der Waals surface area contributed by atoms with Crippen LogP contribution in [0.4, 0.5) is 5.69 Å². The molecule has 138 valence electrons. The molecular formula is C19H15ClN2O3S2. The minimum atomic E-state index is -0.639. The van der Waals surface area contributed by atoms with Crippen LogP contribution in [0.5, 0.6) is 0 Å². The van der Waals surface area contributed by atoms with Crippen LogP contribution in [0.15, 0.2) is 58.8 Å². The number of hydrogen-bond donors (Lipinski definition) is 1. The van der Waals surface area contributed by atoms with Gasteiger partial charge in [-0.1, -0.05) is 29.8 Å². The average molecular weight is 419 g/mol. The summed E-state index contributed by atoms with van der Waals surface area (Å²) < 4.78 is 5.05. The molecule has 5 nitrogen and oxygen atoms in total. The number of aromatic nitrogens is 1. The van der Waals surface area contributed by atoms with Gasteiger partial charge in [0.05, 0.1) is 0 Å². The second kappa shape index (κ2) is 9.03. The van der Waals surface area contributed by atoms with Crippen LogP contribution in [0.1, 0.15) is 10.5 Å². The number of nitrogens with one attached hydrogen (secondary N) is 1. The van der Waals surface area contributed by atoms with Crippen molar-refractivity contribution >= 4 is 52.3 Å². The second-order valence-corrected chi connectivity index (χ2v) is 7.58. The summed E-state index contributed by atoms with van der Waals surface area (Å²) in [7, 11) is 0. The molecule has 0 saturated carbocycles. The van der Waals surface area contributed by atoms with E-state index in [0.717, 1.165) is 10.5 Å². The van der Waals surface area contributed by atoms with Crippen molar-refractivity contribution in [2.75, 3.05) is 18.2 Å². The number of nitrogens with zero attached hydrogens (tertiary/aromatic N) is 1. The van der Waals surface area contributed by atoms with E-state index in [1.54, 1.807) is 35.3 Å². The van der Waals surface area contributed by atoms with Crippen LogP contribution in [0.25, 0.3) is 10.6 Å². The highest BCUT2D eigenvalue weighted by Gasteiger charge is 2.15. The van der Waals surface area contributed by atoms with Gasteiger partial charge in [-0.05, 0) is 36.6 Å². The van der Waals surface area contributed by atoms with E-state index in [2.05, 4.69) is 10.3 Å². The first-order chi connectivity index (χ1) is 13.0. The molecule has 0 atom stereocenters. The molecule has 0 aliphatic heterocycles. The second-order valence-electron chi connectivity index (χ2n) is 5.40. The minimum absolute atomic E-state index is 0.169. The van der Waals surface area contributed by atoms with Gasteiger partial charge >= 0.3 is 5.97 Å². The van der Waals surface area contributed by atoms with Crippen molar-refractivity contribution in [3.63, 3.8) is 0 Å². The minimum Gasteiger partial charge on any atom is -0.451 e. The van der Waals surface area contributed by atoms with Gasteiger partial charge in [0.2, 0.25) is 0 Å². The predicted octanol–water partition coefficient (Wildman–Crippen LogP) is 4.98. The first kappa shape index (κ1) is 19.4. The van der Waals surface area contributed by atoms with Gasteiger partial charge in [0.1, 0.15) is 5.01 Å². The third-order valence-corrected chi connectivity index (χ3v) is 5.36. The van der Waals surface area contributed by atoms with Crippen LogP contribution in [0.2, 0.25) is 5.02 Å². The smallest absolute Gasteiger partial charge is 0.358 e. The van der Waals surface area contributed by atoms with Crippen molar-refractivity contribution < 1.29 is 14.3 Å². The lowest BCUT2D eigenvalue weighted by atomic mass is 10.2. The topological polar surface area (TPSA) is 68.3 Å². The maximum absolute atomic E-state index is 12.1. The number of benzene rings is 2. The molecule has 1 amide bonds. The standard InChI is InChI=1S/C19H15ClN2O3S2/c1-26-15-4-2-3-14(9-15)21-17(23)10-25-19(24)16-11-27-18(22-16)12-5-7-13(20)8-6-12/h2-9,11H,10H2,1H3,(H,21,23). The molecule has 3 aromatic rings. The fraction of sp³-hybridized carbons (Fsp3) is 0.105. The average Bonchev–Trinajstić information content (AvgIpc) is 3.17. The predicted molar refractivity (Wildman–Crippen MR) is 110 cm³/mol. The van der Waals surface area contributed by atoms with Crippen LogP contribution >= 0.6 is 34.7 Å². The van der Waals surface area contributed by atoms with Crippen molar-refractivity contribution in [3.8, 4) is 10.6 Å². The number of thiazole rings is 1. The van der Waals surface area contributed by atoms with Gasteiger partial charge in [-0.2, -0.15) is 0 Å². The van der Waals surface area contributed by atoms with E-state index in [-0.39, 0.29) is 12.3 Å². The highest BCUT2D eigenvalue weighted by molar-refractivity contribution is 7.98. The quantitative estimate of drug-likeness (QED) is 0.451. The largest absolute Gasteiger partial charge is 0.451 e. The summed E-state index contributed by atoms with van der Waals surface area (Å²) in [5.74, 6) is -1.05. The Morgan fingerprint density at radius 2 is 2.00 bits per heavy atom. The summed E-state index contributed by atoms with van der Waals surface area (Å²) in [6.07, 6.45) is 1.95. The molecule has 0 unspecified atom stereocenters. The Morgan fingerprint density at radius 3 is 2.74 bits per heavy atom. The van der Waals surface area contributed by atoms with Crippen LogP contribution in [-0.4, -0.2) is 29.7 Å². The van der Waals surface area contributed by atoms with E-state index in [1.165, 1.54) is 11.3 Å². The molecule has 1 heterocycles. The summed E-state index contributed by atoms with van der Waals surface area (Å²) in [6.45, 7) is -0.379. The van der Waals surface area contributed by atoms with Gasteiger partial charge < -0.3 is 10.1 Å². The van der Waals surface area contributed by atoms with Crippen molar-refractivity contribution in [2.24, 2.45) is 0 Å². The molecule has 0 bridgehead atoms. The lowest BCUT2D eigenvalue weighted by Gasteiger charge is -2.06. The van der Waals surface area contributed by atoms with Gasteiger partial charge in [-0.25, -0.2) is 9.78 Å². The molecule has 27 heavy (non-hydrogen) atoms. The zero-order valence-corrected chi connectivity index (χ0v) is 16.7. The Balaban J connectivity index is 1.56. The molecule has 0 saturated heterocycles. The first-order valence-corrected chi connectivity index (χ1v) is 10.4. The first-order valence-electron chi connectivity index (χ1n) is 7.87. The van der Waals surface area contributed by atoms with Crippen LogP contribution in [0, 0.1) is 0 Å². The Bertz CT molecular complexity index is 958. The molecular weight excluding hydrogens is 404 g/mol. The summed E-state index contributed by atoms with van der Waals surface area (Å²) in [6, 6.07) is 14.6. The highest BCUT2D eigenvalue weighted by Crippen LogP contribution is 2.25. The number of rotatable bonds is 6. The molecule has 3 rings (SSSR count). The summed E-state index contributed by atoms with van der Waals surface area (Å²) in [5.41, 5.74) is 1.68. The van der Waals surface area contributed by atoms with Gasteiger partial charge in [0, 0.05) is 26.5 Å². The highest BCUT2D eigenvalue weighted by atomic mass is 35.5. The molecule has 1 aromatic heterocycles. The van der Waals surface area contributed by atoms with E-state index < -0.39 is 11.9 Å². The van der Waals surface area contributed by atoms with Gasteiger partial charge in [-0.15, -0.1) is 23.1 Å². The molecule has 0 aliphatic carbocycles. The monoisotopic (exact) mass is 418 g/mol. The van der Waals surface area contributed by atoms with Crippen molar-refractivity contribution in [2.45, 2.75) is 4.90 Å². The molecule has 0 aliphatic rings. The number of anilines is 1. The van der Waals surface area contributed by atoms with Crippen LogP contribution < -0.4 is 5.32 Å². The third-order valence-electron chi connectivity index (χ3n) is 3.49. The number of carbonyl (C=O) groups is 2. The van der Waals surface area contributed by atoms with E-state index in [1.807, 2.05) is 36.6 Å². The normalized spacial score (nSPS) is 10.4. The van der Waals surface area contributed by atoms with E-state index in [9.17, 15) is 9.59 Å². The molecule has 0 radical (unpaired) electrons. The Hall–Kier alpha value is -2.35. The van der Waals surface area contributed by atoms with Crippen molar-refractivity contribution in [1.82, 2.24) is 4.98 Å². The van der Waals surface area contributed by atoms with Gasteiger partial charge in [-0.3, -0.25) is 4.79 Å². The zero-order valence-electron chi connectivity index (χ0n) is 14.3. The lowest BCUT2D eigenvalue weighted by molar-refractivity contribution is -0.119. The summed E-state index contributed by atoms with van der Waals surface area (Å²) in [5, 5.41) is 5.61. The SMILES string of the molecule is CSc1cccc(NC(=O)COC(=O)c2csc(-c3ccc(Cl)cc3)n2)c1. The summed E-state index contributed by atoms with van der Waals surface area (Å²) in [4.78, 5) is 29.4. The Kier molecular flexibility index (Phi) is 6.49. The Morgan fingerprint density at radius 1 is 1.22 bits per heavy atom. The maximum Gasteiger partial charge on any atom is 0.358 e. The number of carbonyl (C=O) groups excluding carboxylic acids is 2. The molecule has 2 aromatic carbocycles. The fourth-order valence-corrected chi connectivity index (χ4v) is 3.58. The fourth-order valence-electron chi connectivity index (χ4n) is 2.20. The number of amides is 1. The number of esters is 1. The van der Waals surface area contributed by atoms with Gasteiger partial charge in [0.25, 0.3) is 5.91 Å². The van der Waals surface area contributed by atoms with Crippen LogP contribution in [-0.2, 0) is 9.53 Å². The molecule has 0 fully saturated rings. The molecule has 0 spiro atoms. The zero-order chi connectivity index (χ0) is 19.2. The Labute approximate surface area is 169 Å². The maximum atomic E-state index is 12.1. The van der Waals surface area contributed by atoms with Gasteiger partial charge in [0.15, 0.2) is 12.3 Å². The number of ether oxygens (including phenoxy) is 1. The summed E-state index contributed by atoms with van der Waals surface area (Å²) >= 11 is 8.77. The number of thioether (sulfide) groups is 1. The third kappa shape index (κ3) is 5.32. The molecule has 1 N–H and O–H groups in total. The van der Waals surface area contributed by atoms with E-state index in [4.69, 9.17) is 16.3 Å². The van der Waals surface area contributed by atoms with Crippen molar-refractivity contribution in [1.29, 1.82) is 0 Å². The van der Waals surface area contributed by atoms with E-state index >= 15 is 0 Å².